The van der Waals surface area contributed by atoms with Crippen LogP contribution in [0.25, 0.3) is 11.0 Å². The number of hydrogen-bond acceptors (Lipinski definition) is 6. The summed E-state index contributed by atoms with van der Waals surface area (Å²) in [6, 6.07) is 9.84. The summed E-state index contributed by atoms with van der Waals surface area (Å²) in [6.07, 6.45) is 5.35. The Balaban J connectivity index is 1.20. The molecule has 7 nitrogen and oxygen atoms in total. The highest BCUT2D eigenvalue weighted by molar-refractivity contribution is 5.84. The van der Waals surface area contributed by atoms with Crippen molar-refractivity contribution >= 4 is 22.7 Å². The number of carbonyl (C=O) groups is 1. The number of rotatable bonds is 4. The molecule has 0 saturated carbocycles. The van der Waals surface area contributed by atoms with Crippen molar-refractivity contribution in [3.63, 3.8) is 0 Å². The van der Waals surface area contributed by atoms with E-state index in [9.17, 15) is 4.79 Å². The van der Waals surface area contributed by atoms with E-state index < -0.39 is 0 Å². The van der Waals surface area contributed by atoms with Crippen LogP contribution in [0.4, 0.5) is 5.82 Å². The van der Waals surface area contributed by atoms with Crippen molar-refractivity contribution in [1.29, 1.82) is 0 Å². The maximum atomic E-state index is 12.8. The van der Waals surface area contributed by atoms with Crippen LogP contribution in [0, 0.1) is 6.92 Å². The molecule has 162 valence electrons. The van der Waals surface area contributed by atoms with Gasteiger partial charge in [-0.1, -0.05) is 0 Å². The quantitative estimate of drug-likeness (QED) is 0.643. The molecule has 5 rings (SSSR count). The number of furan rings is 1. The molecule has 0 spiro atoms. The fraction of sp³-hybridized carbons (Fsp3) is 0.458. The molecule has 1 amide bonds. The van der Waals surface area contributed by atoms with Crippen LogP contribution in [0.3, 0.4) is 0 Å². The number of carbonyl (C=O) groups excluding carboxylic acids is 1. The van der Waals surface area contributed by atoms with Gasteiger partial charge in [-0.3, -0.25) is 4.79 Å². The Labute approximate surface area is 182 Å². The smallest absolute Gasteiger partial charge is 0.260 e. The molecule has 0 N–H and O–H groups in total. The Morgan fingerprint density at radius 1 is 1.03 bits per heavy atom. The average Bonchev–Trinajstić information content (AvgIpc) is 2.98. The Kier molecular flexibility index (Phi) is 5.49. The number of benzene rings is 1. The number of aromatic nitrogens is 2. The van der Waals surface area contributed by atoms with Gasteiger partial charge < -0.3 is 19.0 Å². The topological polar surface area (TPSA) is 71.7 Å². The average molecular weight is 421 g/mol. The Morgan fingerprint density at radius 3 is 2.81 bits per heavy atom. The summed E-state index contributed by atoms with van der Waals surface area (Å²) in [5, 5.41) is 9.56. The molecule has 0 bridgehead atoms. The van der Waals surface area contributed by atoms with E-state index in [1.165, 1.54) is 18.4 Å². The van der Waals surface area contributed by atoms with Gasteiger partial charge >= 0.3 is 0 Å². The first-order valence-electron chi connectivity index (χ1n) is 11.2. The minimum atomic E-state index is 0.0196. The van der Waals surface area contributed by atoms with Gasteiger partial charge in [-0.25, -0.2) is 0 Å². The maximum Gasteiger partial charge on any atom is 0.260 e. The predicted octanol–water partition coefficient (Wildman–Crippen LogP) is 3.53. The second-order valence-corrected chi connectivity index (χ2v) is 8.41. The van der Waals surface area contributed by atoms with Crippen LogP contribution in [0.15, 0.2) is 34.7 Å². The lowest BCUT2D eigenvalue weighted by Crippen LogP contribution is -2.38. The number of aryl methyl sites for hydroxylation is 3. The highest BCUT2D eigenvalue weighted by Gasteiger charge is 2.21. The van der Waals surface area contributed by atoms with E-state index in [4.69, 9.17) is 9.15 Å². The number of hydrogen-bond donors (Lipinski definition) is 0. The molecule has 1 fully saturated rings. The van der Waals surface area contributed by atoms with Gasteiger partial charge in [0.15, 0.2) is 12.4 Å². The number of fused-ring (bicyclic) bond motifs is 3. The Bertz CT molecular complexity index is 1080. The third-order valence-corrected chi connectivity index (χ3v) is 6.25. The SMILES string of the molecule is Cc1ccc(N2CCCN(C(=O)COc3ccc4oc5c(c4c3)CCCC5)CC2)nn1. The zero-order valence-electron chi connectivity index (χ0n) is 18.0. The minimum absolute atomic E-state index is 0.0196. The minimum Gasteiger partial charge on any atom is -0.484 e. The van der Waals surface area contributed by atoms with Gasteiger partial charge in [0.2, 0.25) is 0 Å². The van der Waals surface area contributed by atoms with Gasteiger partial charge in [0.25, 0.3) is 5.91 Å². The molecule has 1 saturated heterocycles. The number of nitrogens with zero attached hydrogens (tertiary/aromatic N) is 4. The summed E-state index contributed by atoms with van der Waals surface area (Å²) in [7, 11) is 0. The molecule has 0 unspecified atom stereocenters. The zero-order chi connectivity index (χ0) is 21.2. The van der Waals surface area contributed by atoms with Crippen molar-refractivity contribution in [3.8, 4) is 5.75 Å². The normalized spacial score (nSPS) is 16.8. The predicted molar refractivity (Wildman–Crippen MR) is 119 cm³/mol. The fourth-order valence-corrected chi connectivity index (χ4v) is 4.52. The molecular formula is C24H28N4O3. The summed E-state index contributed by atoms with van der Waals surface area (Å²) < 4.78 is 11.9. The fourth-order valence-electron chi connectivity index (χ4n) is 4.52. The molecule has 31 heavy (non-hydrogen) atoms. The van der Waals surface area contributed by atoms with Gasteiger partial charge in [-0.15, -0.1) is 5.10 Å². The van der Waals surface area contributed by atoms with E-state index in [-0.39, 0.29) is 12.5 Å². The summed E-state index contributed by atoms with van der Waals surface area (Å²) in [6.45, 7) is 4.98. The van der Waals surface area contributed by atoms with Crippen molar-refractivity contribution in [2.45, 2.75) is 39.0 Å². The second kappa shape index (κ2) is 8.57. The second-order valence-electron chi connectivity index (χ2n) is 8.41. The van der Waals surface area contributed by atoms with Crippen molar-refractivity contribution < 1.29 is 13.9 Å². The molecule has 3 aromatic rings. The van der Waals surface area contributed by atoms with E-state index in [0.29, 0.717) is 6.54 Å². The molecular weight excluding hydrogens is 392 g/mol. The van der Waals surface area contributed by atoms with Crippen LogP contribution in [-0.4, -0.2) is 53.8 Å². The van der Waals surface area contributed by atoms with Gasteiger partial charge in [0.05, 0.1) is 5.69 Å². The molecule has 3 heterocycles. The van der Waals surface area contributed by atoms with Gasteiger partial charge in [0.1, 0.15) is 17.1 Å². The summed E-state index contributed by atoms with van der Waals surface area (Å²) in [5.41, 5.74) is 3.13. The van der Waals surface area contributed by atoms with E-state index in [2.05, 4.69) is 15.1 Å². The highest BCUT2D eigenvalue weighted by Crippen LogP contribution is 2.34. The molecule has 2 aromatic heterocycles. The Hall–Kier alpha value is -3.09. The van der Waals surface area contributed by atoms with Crippen molar-refractivity contribution in [3.05, 3.63) is 47.3 Å². The molecule has 1 aromatic carbocycles. The third-order valence-electron chi connectivity index (χ3n) is 6.25. The molecule has 0 radical (unpaired) electrons. The molecule has 2 aliphatic rings. The van der Waals surface area contributed by atoms with Crippen LogP contribution >= 0.6 is 0 Å². The maximum absolute atomic E-state index is 12.8. The van der Waals surface area contributed by atoms with Crippen molar-refractivity contribution in [2.75, 3.05) is 37.7 Å². The highest BCUT2D eigenvalue weighted by atomic mass is 16.5. The summed E-state index contributed by atoms with van der Waals surface area (Å²) in [5.74, 6) is 2.72. The third kappa shape index (κ3) is 4.22. The van der Waals surface area contributed by atoms with E-state index in [0.717, 1.165) is 72.9 Å². The van der Waals surface area contributed by atoms with Crippen molar-refractivity contribution in [1.82, 2.24) is 15.1 Å². The molecule has 7 heteroatoms. The molecule has 1 aliphatic heterocycles. The summed E-state index contributed by atoms with van der Waals surface area (Å²) in [4.78, 5) is 16.9. The van der Waals surface area contributed by atoms with E-state index in [1.54, 1.807) is 0 Å². The number of amides is 1. The van der Waals surface area contributed by atoms with E-state index in [1.807, 2.05) is 42.2 Å². The van der Waals surface area contributed by atoms with Gasteiger partial charge in [0, 0.05) is 43.5 Å². The van der Waals surface area contributed by atoms with E-state index >= 15 is 0 Å². The van der Waals surface area contributed by atoms with Crippen LogP contribution in [0.2, 0.25) is 0 Å². The first-order chi connectivity index (χ1) is 15.2. The van der Waals surface area contributed by atoms with Crippen LogP contribution in [-0.2, 0) is 17.6 Å². The largest absolute Gasteiger partial charge is 0.484 e. The monoisotopic (exact) mass is 420 g/mol. The lowest BCUT2D eigenvalue weighted by atomic mass is 9.96. The lowest BCUT2D eigenvalue weighted by molar-refractivity contribution is -0.133. The van der Waals surface area contributed by atoms with Crippen molar-refractivity contribution in [2.24, 2.45) is 0 Å². The molecule has 1 aliphatic carbocycles. The molecule has 0 atom stereocenters. The Morgan fingerprint density at radius 2 is 1.94 bits per heavy atom. The van der Waals surface area contributed by atoms with Crippen LogP contribution in [0.5, 0.6) is 5.75 Å². The zero-order valence-corrected chi connectivity index (χ0v) is 18.0. The first-order valence-corrected chi connectivity index (χ1v) is 11.2. The van der Waals surface area contributed by atoms with Gasteiger partial charge in [-0.2, -0.15) is 5.10 Å². The number of ether oxygens (including phenoxy) is 1. The van der Waals surface area contributed by atoms with Crippen LogP contribution in [0.1, 0.15) is 36.3 Å². The van der Waals surface area contributed by atoms with Crippen LogP contribution < -0.4 is 9.64 Å². The lowest BCUT2D eigenvalue weighted by Gasteiger charge is -2.22. The first kappa shape index (κ1) is 19.8. The van der Waals surface area contributed by atoms with Gasteiger partial charge in [-0.05, 0) is 62.9 Å². The summed E-state index contributed by atoms with van der Waals surface area (Å²) >= 11 is 0. The standard InChI is InChI=1S/C24H28N4O3/c1-17-7-10-23(26-25-17)27-11-4-12-28(14-13-27)24(29)16-30-18-8-9-22-20(15-18)19-5-2-3-6-21(19)31-22/h7-10,15H,2-6,11-14,16H2,1H3. The number of anilines is 1.